The maximum atomic E-state index is 5.80. The van der Waals surface area contributed by atoms with Gasteiger partial charge in [-0.15, -0.1) is 0 Å². The zero-order valence-electron chi connectivity index (χ0n) is 9.80. The van der Waals surface area contributed by atoms with Gasteiger partial charge in [-0.3, -0.25) is 0 Å². The van der Waals surface area contributed by atoms with E-state index in [9.17, 15) is 0 Å². The molecule has 0 aliphatic carbocycles. The van der Waals surface area contributed by atoms with Crippen LogP contribution in [0.4, 0.5) is 5.69 Å². The molecule has 18 heavy (non-hydrogen) atoms. The molecule has 0 unspecified atom stereocenters. The topological polar surface area (TPSA) is 44.5 Å². The number of benzene rings is 2. The molecular formula is C14H14BrNO2. The molecule has 0 fully saturated rings. The minimum Gasteiger partial charge on any atom is -0.464 e. The van der Waals surface area contributed by atoms with Crippen LogP contribution in [0, 0.1) is 0 Å². The summed E-state index contributed by atoms with van der Waals surface area (Å²) in [7, 11) is 0. The smallest absolute Gasteiger partial charge is 0.189 e. The number of hydrogen-bond donors (Lipinski definition) is 1. The molecule has 0 atom stereocenters. The zero-order chi connectivity index (χ0) is 12.8. The fourth-order valence-electron chi connectivity index (χ4n) is 1.51. The second-order valence-corrected chi connectivity index (χ2v) is 4.61. The lowest BCUT2D eigenvalue weighted by molar-refractivity contribution is 0.00506. The van der Waals surface area contributed by atoms with Crippen LogP contribution in [0.1, 0.15) is 5.56 Å². The van der Waals surface area contributed by atoms with Crippen LogP contribution in [0.25, 0.3) is 0 Å². The fourth-order valence-corrected chi connectivity index (χ4v) is 2.01. The van der Waals surface area contributed by atoms with E-state index in [0.29, 0.717) is 18.0 Å². The average Bonchev–Trinajstić information content (AvgIpc) is 2.38. The van der Waals surface area contributed by atoms with E-state index in [2.05, 4.69) is 15.9 Å². The summed E-state index contributed by atoms with van der Waals surface area (Å²) in [4.78, 5) is 0. The van der Waals surface area contributed by atoms with Crippen molar-refractivity contribution in [3.8, 4) is 5.75 Å². The van der Waals surface area contributed by atoms with E-state index < -0.39 is 0 Å². The van der Waals surface area contributed by atoms with Gasteiger partial charge in [0.1, 0.15) is 0 Å². The van der Waals surface area contributed by atoms with Crippen molar-refractivity contribution in [3.05, 3.63) is 58.6 Å². The second kappa shape index (κ2) is 6.42. The Hall–Kier alpha value is -1.52. The predicted molar refractivity (Wildman–Crippen MR) is 75.3 cm³/mol. The van der Waals surface area contributed by atoms with E-state index in [4.69, 9.17) is 15.2 Å². The first-order valence-electron chi connectivity index (χ1n) is 5.56. The highest BCUT2D eigenvalue weighted by molar-refractivity contribution is 9.10. The maximum Gasteiger partial charge on any atom is 0.189 e. The van der Waals surface area contributed by atoms with Gasteiger partial charge in [0.15, 0.2) is 12.5 Å². The van der Waals surface area contributed by atoms with Crippen LogP contribution in [-0.4, -0.2) is 6.79 Å². The first kappa shape index (κ1) is 12.9. The van der Waals surface area contributed by atoms with Crippen molar-refractivity contribution in [2.75, 3.05) is 12.5 Å². The molecule has 0 amide bonds. The first-order valence-corrected chi connectivity index (χ1v) is 6.35. The van der Waals surface area contributed by atoms with Crippen molar-refractivity contribution in [1.29, 1.82) is 0 Å². The highest BCUT2D eigenvalue weighted by Crippen LogP contribution is 2.30. The number of nitrogens with two attached hydrogens (primary N) is 1. The Balaban J connectivity index is 1.82. The van der Waals surface area contributed by atoms with Gasteiger partial charge in [-0.25, -0.2) is 0 Å². The van der Waals surface area contributed by atoms with E-state index in [1.165, 1.54) is 0 Å². The Morgan fingerprint density at radius 1 is 1.00 bits per heavy atom. The van der Waals surface area contributed by atoms with Crippen molar-refractivity contribution >= 4 is 21.6 Å². The monoisotopic (exact) mass is 307 g/mol. The molecule has 2 rings (SSSR count). The number of halogens is 1. The third kappa shape index (κ3) is 3.48. The number of anilines is 1. The van der Waals surface area contributed by atoms with Crippen LogP contribution in [0.2, 0.25) is 0 Å². The molecule has 2 aromatic carbocycles. The molecule has 0 saturated heterocycles. The van der Waals surface area contributed by atoms with Crippen LogP contribution < -0.4 is 10.5 Å². The zero-order valence-corrected chi connectivity index (χ0v) is 11.4. The summed E-state index contributed by atoms with van der Waals surface area (Å²) in [5, 5.41) is 0. The lowest BCUT2D eigenvalue weighted by atomic mass is 10.2. The minimum atomic E-state index is 0.168. The highest BCUT2D eigenvalue weighted by atomic mass is 79.9. The van der Waals surface area contributed by atoms with Crippen molar-refractivity contribution in [1.82, 2.24) is 0 Å². The molecule has 0 aromatic heterocycles. The van der Waals surface area contributed by atoms with Crippen LogP contribution in [0.3, 0.4) is 0 Å². The van der Waals surface area contributed by atoms with E-state index in [1.807, 2.05) is 42.5 Å². The molecular weight excluding hydrogens is 294 g/mol. The molecule has 0 radical (unpaired) electrons. The molecule has 0 aliphatic heterocycles. The van der Waals surface area contributed by atoms with Gasteiger partial charge in [0, 0.05) is 0 Å². The van der Waals surface area contributed by atoms with Gasteiger partial charge in [0.2, 0.25) is 0 Å². The summed E-state index contributed by atoms with van der Waals surface area (Å²) in [6.07, 6.45) is 0. The quantitative estimate of drug-likeness (QED) is 0.521. The summed E-state index contributed by atoms with van der Waals surface area (Å²) in [6.45, 7) is 0.687. The molecule has 0 heterocycles. The standard InChI is InChI=1S/C14H14BrNO2/c15-12-7-4-8-13(16)14(12)18-10-17-9-11-5-2-1-3-6-11/h1-8H,9-10,16H2. The number of para-hydroxylation sites is 1. The Morgan fingerprint density at radius 2 is 1.78 bits per heavy atom. The lowest BCUT2D eigenvalue weighted by Crippen LogP contribution is -2.05. The van der Waals surface area contributed by atoms with E-state index in [1.54, 1.807) is 6.07 Å². The molecule has 0 spiro atoms. The lowest BCUT2D eigenvalue weighted by Gasteiger charge is -2.10. The summed E-state index contributed by atoms with van der Waals surface area (Å²) in [6, 6.07) is 15.5. The molecule has 0 aliphatic rings. The molecule has 4 heteroatoms. The average molecular weight is 308 g/mol. The van der Waals surface area contributed by atoms with Gasteiger partial charge in [-0.2, -0.15) is 0 Å². The van der Waals surface area contributed by atoms with Crippen molar-refractivity contribution < 1.29 is 9.47 Å². The fraction of sp³-hybridized carbons (Fsp3) is 0.143. The molecule has 3 nitrogen and oxygen atoms in total. The number of nitrogen functional groups attached to an aromatic ring is 1. The third-order valence-corrected chi connectivity index (χ3v) is 3.02. The van der Waals surface area contributed by atoms with Crippen molar-refractivity contribution in [3.63, 3.8) is 0 Å². The van der Waals surface area contributed by atoms with Gasteiger partial charge in [0.05, 0.1) is 16.8 Å². The first-order chi connectivity index (χ1) is 8.77. The number of ether oxygens (including phenoxy) is 2. The maximum absolute atomic E-state index is 5.80. The van der Waals surface area contributed by atoms with Gasteiger partial charge >= 0.3 is 0 Å². The van der Waals surface area contributed by atoms with Crippen LogP contribution in [-0.2, 0) is 11.3 Å². The van der Waals surface area contributed by atoms with E-state index in [0.717, 1.165) is 10.0 Å². The Morgan fingerprint density at radius 3 is 2.50 bits per heavy atom. The molecule has 0 bridgehead atoms. The summed E-state index contributed by atoms with van der Waals surface area (Å²) < 4.78 is 11.8. The van der Waals surface area contributed by atoms with Gasteiger partial charge in [0.25, 0.3) is 0 Å². The highest BCUT2D eigenvalue weighted by Gasteiger charge is 2.04. The third-order valence-electron chi connectivity index (χ3n) is 2.40. The van der Waals surface area contributed by atoms with Gasteiger partial charge < -0.3 is 15.2 Å². The van der Waals surface area contributed by atoms with Crippen LogP contribution >= 0.6 is 15.9 Å². The van der Waals surface area contributed by atoms with Crippen molar-refractivity contribution in [2.24, 2.45) is 0 Å². The Kier molecular flexibility index (Phi) is 4.61. The summed E-state index contributed by atoms with van der Waals surface area (Å²) >= 11 is 3.38. The van der Waals surface area contributed by atoms with Crippen LogP contribution in [0.15, 0.2) is 53.0 Å². The van der Waals surface area contributed by atoms with E-state index in [-0.39, 0.29) is 6.79 Å². The van der Waals surface area contributed by atoms with Gasteiger partial charge in [-0.05, 0) is 33.6 Å². The second-order valence-electron chi connectivity index (χ2n) is 3.75. The van der Waals surface area contributed by atoms with Gasteiger partial charge in [-0.1, -0.05) is 36.4 Å². The normalized spacial score (nSPS) is 10.3. The Labute approximate surface area is 115 Å². The predicted octanol–water partition coefficient (Wildman–Crippen LogP) is 3.58. The van der Waals surface area contributed by atoms with Crippen molar-refractivity contribution in [2.45, 2.75) is 6.61 Å². The van der Waals surface area contributed by atoms with E-state index >= 15 is 0 Å². The largest absolute Gasteiger partial charge is 0.464 e. The molecule has 2 aromatic rings. The summed E-state index contributed by atoms with van der Waals surface area (Å²) in [5.41, 5.74) is 7.51. The minimum absolute atomic E-state index is 0.168. The molecule has 94 valence electrons. The molecule has 2 N–H and O–H groups in total. The Bertz CT molecular complexity index is 482. The molecule has 0 saturated carbocycles. The number of hydrogen-bond acceptors (Lipinski definition) is 3. The number of rotatable bonds is 5. The summed E-state index contributed by atoms with van der Waals surface area (Å²) in [5.74, 6) is 0.616. The van der Waals surface area contributed by atoms with Crippen LogP contribution in [0.5, 0.6) is 5.75 Å². The SMILES string of the molecule is Nc1cccc(Br)c1OCOCc1ccccc1.